The number of rotatable bonds is 8. The molecule has 0 N–H and O–H groups in total. The van der Waals surface area contributed by atoms with Crippen LogP contribution in [-0.2, 0) is 16.1 Å². The first-order valence-corrected chi connectivity index (χ1v) is 8.62. The van der Waals surface area contributed by atoms with Crippen LogP contribution in [0.2, 0.25) is 5.02 Å². The topological polar surface area (TPSA) is 83.7 Å². The Morgan fingerprint density at radius 1 is 1.15 bits per heavy atom. The van der Waals surface area contributed by atoms with E-state index in [1.54, 1.807) is 24.3 Å². The van der Waals surface area contributed by atoms with Crippen LogP contribution < -0.4 is 9.47 Å². The lowest BCUT2D eigenvalue weighted by atomic mass is 10.2. The zero-order valence-electron chi connectivity index (χ0n) is 14.6. The molecule has 0 saturated carbocycles. The summed E-state index contributed by atoms with van der Waals surface area (Å²) in [7, 11) is 0. The highest BCUT2D eigenvalue weighted by atomic mass is 35.5. The number of ether oxygens (including phenoxy) is 3. The lowest BCUT2D eigenvalue weighted by Gasteiger charge is -2.06. The molecular formula is C19H17ClN2O5. The highest BCUT2D eigenvalue weighted by Gasteiger charge is 2.14. The maximum absolute atomic E-state index is 11.8. The van der Waals surface area contributed by atoms with Gasteiger partial charge in [0.15, 0.2) is 13.2 Å². The van der Waals surface area contributed by atoms with Crippen molar-refractivity contribution in [2.75, 3.05) is 13.2 Å². The van der Waals surface area contributed by atoms with Gasteiger partial charge in [0.1, 0.15) is 11.5 Å². The van der Waals surface area contributed by atoms with Crippen molar-refractivity contribution in [1.82, 2.24) is 10.1 Å². The number of halogens is 1. The van der Waals surface area contributed by atoms with Crippen LogP contribution in [0, 0.1) is 0 Å². The van der Waals surface area contributed by atoms with E-state index in [0.717, 1.165) is 0 Å². The Balaban J connectivity index is 1.54. The average molecular weight is 389 g/mol. The van der Waals surface area contributed by atoms with Crippen molar-refractivity contribution in [2.45, 2.75) is 13.5 Å². The predicted octanol–water partition coefficient (Wildman–Crippen LogP) is 3.91. The monoisotopic (exact) mass is 388 g/mol. The average Bonchev–Trinajstić information content (AvgIpc) is 3.14. The molecule has 0 fully saturated rings. The number of nitrogens with zero attached hydrogens (tertiary/aromatic N) is 2. The number of hydrogen-bond acceptors (Lipinski definition) is 7. The molecule has 8 heteroatoms. The van der Waals surface area contributed by atoms with Gasteiger partial charge in [-0.3, -0.25) is 0 Å². The van der Waals surface area contributed by atoms with Crippen molar-refractivity contribution in [2.24, 2.45) is 0 Å². The van der Waals surface area contributed by atoms with Crippen LogP contribution in [0.1, 0.15) is 12.8 Å². The molecule has 0 aliphatic heterocycles. The van der Waals surface area contributed by atoms with Gasteiger partial charge in [-0.1, -0.05) is 35.0 Å². The summed E-state index contributed by atoms with van der Waals surface area (Å²) in [5, 5.41) is 4.43. The van der Waals surface area contributed by atoms with Gasteiger partial charge in [0.2, 0.25) is 5.82 Å². The first kappa shape index (κ1) is 18.7. The van der Waals surface area contributed by atoms with Gasteiger partial charge < -0.3 is 18.7 Å². The molecule has 2 aromatic carbocycles. The van der Waals surface area contributed by atoms with E-state index in [0.29, 0.717) is 34.5 Å². The molecule has 3 aromatic rings. The standard InChI is InChI=1S/C19H17ClN2O5/c1-2-24-16-9-4-3-8-15(16)19-21-17(27-22-19)11-26-18(23)12-25-14-7-5-6-13(20)10-14/h3-10H,2,11-12H2,1H3. The maximum atomic E-state index is 11.8. The number of benzene rings is 2. The van der Waals surface area contributed by atoms with E-state index in [2.05, 4.69) is 10.1 Å². The van der Waals surface area contributed by atoms with Crippen LogP contribution in [0.15, 0.2) is 53.1 Å². The Morgan fingerprint density at radius 3 is 2.81 bits per heavy atom. The summed E-state index contributed by atoms with van der Waals surface area (Å²) in [6, 6.07) is 14.1. The van der Waals surface area contributed by atoms with Gasteiger partial charge in [-0.2, -0.15) is 4.98 Å². The quantitative estimate of drug-likeness (QED) is 0.541. The van der Waals surface area contributed by atoms with Crippen molar-refractivity contribution in [3.63, 3.8) is 0 Å². The Hall–Kier alpha value is -3.06. The van der Waals surface area contributed by atoms with Gasteiger partial charge in [-0.05, 0) is 37.3 Å². The predicted molar refractivity (Wildman–Crippen MR) is 97.6 cm³/mol. The summed E-state index contributed by atoms with van der Waals surface area (Å²) in [5.74, 6) is 1.10. The van der Waals surface area contributed by atoms with Gasteiger partial charge in [0.05, 0.1) is 12.2 Å². The van der Waals surface area contributed by atoms with Crippen LogP contribution in [0.4, 0.5) is 0 Å². The Kier molecular flexibility index (Phi) is 6.27. The summed E-state index contributed by atoms with van der Waals surface area (Å²) in [6.45, 7) is 2.01. The van der Waals surface area contributed by atoms with E-state index in [-0.39, 0.29) is 19.1 Å². The van der Waals surface area contributed by atoms with E-state index in [4.69, 9.17) is 30.3 Å². The molecule has 27 heavy (non-hydrogen) atoms. The van der Waals surface area contributed by atoms with Gasteiger partial charge in [-0.25, -0.2) is 4.79 Å². The molecule has 0 spiro atoms. The lowest BCUT2D eigenvalue weighted by Crippen LogP contribution is -2.14. The minimum atomic E-state index is -0.565. The molecule has 3 rings (SSSR count). The second-order valence-corrected chi connectivity index (χ2v) is 5.78. The minimum Gasteiger partial charge on any atom is -0.493 e. The highest BCUT2D eigenvalue weighted by molar-refractivity contribution is 6.30. The number of carbonyl (C=O) groups excluding carboxylic acids is 1. The number of aromatic nitrogens is 2. The molecule has 0 aliphatic carbocycles. The normalized spacial score (nSPS) is 10.4. The second kappa shape index (κ2) is 9.05. The van der Waals surface area contributed by atoms with Crippen LogP contribution in [0.25, 0.3) is 11.4 Å². The summed E-state index contributed by atoms with van der Waals surface area (Å²) < 4.78 is 21.1. The van der Waals surface area contributed by atoms with Gasteiger partial charge >= 0.3 is 5.97 Å². The first-order chi connectivity index (χ1) is 13.2. The van der Waals surface area contributed by atoms with Crippen LogP contribution in [0.3, 0.4) is 0 Å². The van der Waals surface area contributed by atoms with E-state index >= 15 is 0 Å². The summed E-state index contributed by atoms with van der Waals surface area (Å²) in [6.07, 6.45) is 0. The van der Waals surface area contributed by atoms with Crippen molar-refractivity contribution in [1.29, 1.82) is 0 Å². The largest absolute Gasteiger partial charge is 0.493 e. The summed E-state index contributed by atoms with van der Waals surface area (Å²) >= 11 is 5.85. The van der Waals surface area contributed by atoms with Crippen LogP contribution in [-0.4, -0.2) is 29.3 Å². The van der Waals surface area contributed by atoms with Gasteiger partial charge in [0, 0.05) is 5.02 Å². The fourth-order valence-electron chi connectivity index (χ4n) is 2.24. The molecule has 0 atom stereocenters. The van der Waals surface area contributed by atoms with E-state index < -0.39 is 5.97 Å². The first-order valence-electron chi connectivity index (χ1n) is 8.24. The van der Waals surface area contributed by atoms with E-state index in [9.17, 15) is 4.79 Å². The van der Waals surface area contributed by atoms with Crippen molar-refractivity contribution < 1.29 is 23.5 Å². The SMILES string of the molecule is CCOc1ccccc1-c1noc(COC(=O)COc2cccc(Cl)c2)n1. The van der Waals surface area contributed by atoms with E-state index in [1.807, 2.05) is 31.2 Å². The van der Waals surface area contributed by atoms with Crippen molar-refractivity contribution in [3.05, 3.63) is 59.4 Å². The Bertz CT molecular complexity index is 912. The molecular weight excluding hydrogens is 372 g/mol. The third kappa shape index (κ3) is 5.21. The molecule has 0 unspecified atom stereocenters. The molecule has 1 heterocycles. The van der Waals surface area contributed by atoms with E-state index in [1.165, 1.54) is 0 Å². The smallest absolute Gasteiger partial charge is 0.344 e. The minimum absolute atomic E-state index is 0.151. The fraction of sp³-hybridized carbons (Fsp3) is 0.211. The highest BCUT2D eigenvalue weighted by Crippen LogP contribution is 2.27. The zero-order valence-corrected chi connectivity index (χ0v) is 15.3. The number of carbonyl (C=O) groups is 1. The fourth-order valence-corrected chi connectivity index (χ4v) is 2.42. The summed E-state index contributed by atoms with van der Waals surface area (Å²) in [5.41, 5.74) is 0.699. The number of esters is 1. The maximum Gasteiger partial charge on any atom is 0.344 e. The van der Waals surface area contributed by atoms with Gasteiger partial charge in [-0.15, -0.1) is 0 Å². The zero-order chi connectivity index (χ0) is 19.1. The van der Waals surface area contributed by atoms with Crippen LogP contribution >= 0.6 is 11.6 Å². The molecule has 1 aromatic heterocycles. The molecule has 7 nitrogen and oxygen atoms in total. The third-order valence-electron chi connectivity index (χ3n) is 3.41. The van der Waals surface area contributed by atoms with Crippen molar-refractivity contribution >= 4 is 17.6 Å². The number of para-hydroxylation sites is 1. The molecule has 0 saturated heterocycles. The molecule has 0 bridgehead atoms. The lowest BCUT2D eigenvalue weighted by molar-refractivity contribution is -0.148. The molecule has 140 valence electrons. The molecule has 0 aliphatic rings. The van der Waals surface area contributed by atoms with Crippen molar-refractivity contribution in [3.8, 4) is 22.9 Å². The summed E-state index contributed by atoms with van der Waals surface area (Å²) in [4.78, 5) is 16.0. The second-order valence-electron chi connectivity index (χ2n) is 5.35. The van der Waals surface area contributed by atoms with Crippen LogP contribution in [0.5, 0.6) is 11.5 Å². The van der Waals surface area contributed by atoms with Gasteiger partial charge in [0.25, 0.3) is 5.89 Å². The number of hydrogen-bond donors (Lipinski definition) is 0. The molecule has 0 amide bonds. The Labute approximate surface area is 160 Å². The molecule has 0 radical (unpaired) electrons. The Morgan fingerprint density at radius 2 is 2.00 bits per heavy atom. The third-order valence-corrected chi connectivity index (χ3v) is 3.64.